The third-order valence-electron chi connectivity index (χ3n) is 5.39. The molecule has 0 aliphatic carbocycles. The lowest BCUT2D eigenvalue weighted by atomic mass is 10.1. The summed E-state index contributed by atoms with van der Waals surface area (Å²) in [7, 11) is -2.15. The van der Waals surface area contributed by atoms with Gasteiger partial charge in [-0.2, -0.15) is 4.31 Å². The molecule has 0 amide bonds. The number of benzene rings is 2. The summed E-state index contributed by atoms with van der Waals surface area (Å²) in [6.45, 7) is 5.61. The third-order valence-corrected chi connectivity index (χ3v) is 7.31. The number of hydrogen-bond donors (Lipinski definition) is 0. The first kappa shape index (κ1) is 21.3. The van der Waals surface area contributed by atoms with Crippen LogP contribution in [0.25, 0.3) is 11.3 Å². The zero-order valence-electron chi connectivity index (χ0n) is 17.9. The molecule has 31 heavy (non-hydrogen) atoms. The zero-order valence-corrected chi connectivity index (χ0v) is 18.8. The van der Waals surface area contributed by atoms with E-state index < -0.39 is 10.0 Å². The standard InChI is InChI=1S/C23H26N4O3S/c1-17-9-10-21(30-3)22(15-17)31(28,29)27-13-11-26(12-14-27)23-16-20(24-18(2)25-23)19-7-5-4-6-8-19/h4-10,15-16H,11-14H2,1-3H3. The van der Waals surface area contributed by atoms with Crippen LogP contribution < -0.4 is 9.64 Å². The monoisotopic (exact) mass is 438 g/mol. The summed E-state index contributed by atoms with van der Waals surface area (Å²) in [4.78, 5) is 11.5. The maximum Gasteiger partial charge on any atom is 0.246 e. The van der Waals surface area contributed by atoms with Crippen molar-refractivity contribution in [1.29, 1.82) is 0 Å². The first-order valence-electron chi connectivity index (χ1n) is 10.2. The number of methoxy groups -OCH3 is 1. The van der Waals surface area contributed by atoms with Gasteiger partial charge in [0.25, 0.3) is 0 Å². The molecule has 0 spiro atoms. The van der Waals surface area contributed by atoms with Gasteiger partial charge in [-0.15, -0.1) is 0 Å². The van der Waals surface area contributed by atoms with Crippen molar-refractivity contribution in [3.05, 3.63) is 66.0 Å². The van der Waals surface area contributed by atoms with Gasteiger partial charge >= 0.3 is 0 Å². The highest BCUT2D eigenvalue weighted by atomic mass is 32.2. The Morgan fingerprint density at radius 1 is 0.903 bits per heavy atom. The molecule has 4 rings (SSSR count). The third kappa shape index (κ3) is 4.40. The van der Waals surface area contributed by atoms with Crippen molar-refractivity contribution < 1.29 is 13.2 Å². The lowest BCUT2D eigenvalue weighted by Crippen LogP contribution is -2.49. The molecule has 7 nitrogen and oxygen atoms in total. The number of aryl methyl sites for hydroxylation is 2. The minimum atomic E-state index is -3.64. The molecular weight excluding hydrogens is 412 g/mol. The second kappa shape index (κ2) is 8.64. The summed E-state index contributed by atoms with van der Waals surface area (Å²) in [6, 6.07) is 17.2. The molecule has 0 N–H and O–H groups in total. The van der Waals surface area contributed by atoms with Crippen LogP contribution in [-0.4, -0.2) is 56.0 Å². The molecule has 1 aliphatic rings. The van der Waals surface area contributed by atoms with E-state index in [1.807, 2.05) is 56.3 Å². The summed E-state index contributed by atoms with van der Waals surface area (Å²) < 4.78 is 33.3. The number of aromatic nitrogens is 2. The van der Waals surface area contributed by atoms with E-state index in [1.54, 1.807) is 12.1 Å². The quantitative estimate of drug-likeness (QED) is 0.609. The molecule has 0 bridgehead atoms. The molecule has 1 saturated heterocycles. The number of nitrogens with zero attached hydrogens (tertiary/aromatic N) is 4. The summed E-state index contributed by atoms with van der Waals surface area (Å²) >= 11 is 0. The number of anilines is 1. The van der Waals surface area contributed by atoms with E-state index >= 15 is 0 Å². The molecule has 0 radical (unpaired) electrons. The zero-order chi connectivity index (χ0) is 22.0. The van der Waals surface area contributed by atoms with Gasteiger partial charge in [0, 0.05) is 37.8 Å². The Kier molecular flexibility index (Phi) is 5.93. The van der Waals surface area contributed by atoms with E-state index in [4.69, 9.17) is 4.74 Å². The maximum atomic E-state index is 13.3. The van der Waals surface area contributed by atoms with Crippen LogP contribution >= 0.6 is 0 Å². The molecule has 2 heterocycles. The van der Waals surface area contributed by atoms with Crippen molar-refractivity contribution in [1.82, 2.24) is 14.3 Å². The van der Waals surface area contributed by atoms with E-state index in [-0.39, 0.29) is 4.90 Å². The summed E-state index contributed by atoms with van der Waals surface area (Å²) in [6.07, 6.45) is 0. The van der Waals surface area contributed by atoms with Crippen LogP contribution in [-0.2, 0) is 10.0 Å². The minimum Gasteiger partial charge on any atom is -0.495 e. The van der Waals surface area contributed by atoms with E-state index in [0.29, 0.717) is 37.8 Å². The average molecular weight is 439 g/mol. The van der Waals surface area contributed by atoms with Crippen LogP contribution in [0.1, 0.15) is 11.4 Å². The topological polar surface area (TPSA) is 75.6 Å². The number of sulfonamides is 1. The molecule has 8 heteroatoms. The number of ether oxygens (including phenoxy) is 1. The second-order valence-electron chi connectivity index (χ2n) is 7.57. The van der Waals surface area contributed by atoms with Gasteiger partial charge in [-0.25, -0.2) is 18.4 Å². The predicted molar refractivity (Wildman–Crippen MR) is 121 cm³/mol. The van der Waals surface area contributed by atoms with Crippen molar-refractivity contribution in [3.8, 4) is 17.0 Å². The predicted octanol–water partition coefficient (Wildman–Crippen LogP) is 3.28. The van der Waals surface area contributed by atoms with E-state index in [2.05, 4.69) is 14.9 Å². The van der Waals surface area contributed by atoms with Crippen LogP contribution in [0.5, 0.6) is 5.75 Å². The van der Waals surface area contributed by atoms with Gasteiger partial charge in [-0.1, -0.05) is 36.4 Å². The Hall–Kier alpha value is -2.97. The Morgan fingerprint density at radius 3 is 2.29 bits per heavy atom. The van der Waals surface area contributed by atoms with Crippen LogP contribution in [0, 0.1) is 13.8 Å². The van der Waals surface area contributed by atoms with Crippen molar-refractivity contribution in [3.63, 3.8) is 0 Å². The highest BCUT2D eigenvalue weighted by Gasteiger charge is 2.31. The Labute approximate surface area is 183 Å². The number of piperazine rings is 1. The fourth-order valence-electron chi connectivity index (χ4n) is 3.75. The number of hydrogen-bond acceptors (Lipinski definition) is 6. The SMILES string of the molecule is COc1ccc(C)cc1S(=O)(=O)N1CCN(c2cc(-c3ccccc3)nc(C)n2)CC1. The highest BCUT2D eigenvalue weighted by Crippen LogP contribution is 2.29. The largest absolute Gasteiger partial charge is 0.495 e. The first-order chi connectivity index (χ1) is 14.9. The van der Waals surface area contributed by atoms with Gasteiger partial charge in [0.05, 0.1) is 12.8 Å². The molecule has 0 saturated carbocycles. The number of rotatable bonds is 5. The van der Waals surface area contributed by atoms with Crippen molar-refractivity contribution in [2.75, 3.05) is 38.2 Å². The minimum absolute atomic E-state index is 0.215. The second-order valence-corrected chi connectivity index (χ2v) is 9.48. The molecule has 2 aromatic carbocycles. The van der Waals surface area contributed by atoms with Gasteiger partial charge in [-0.05, 0) is 31.5 Å². The van der Waals surface area contributed by atoms with E-state index in [9.17, 15) is 8.42 Å². The summed E-state index contributed by atoms with van der Waals surface area (Å²) in [5.74, 6) is 1.87. The van der Waals surface area contributed by atoms with Crippen LogP contribution in [0.2, 0.25) is 0 Å². The van der Waals surface area contributed by atoms with Gasteiger partial charge < -0.3 is 9.64 Å². The van der Waals surface area contributed by atoms with Crippen LogP contribution in [0.15, 0.2) is 59.5 Å². The highest BCUT2D eigenvalue weighted by molar-refractivity contribution is 7.89. The van der Waals surface area contributed by atoms with E-state index in [0.717, 1.165) is 22.6 Å². The lowest BCUT2D eigenvalue weighted by Gasteiger charge is -2.35. The molecule has 162 valence electrons. The van der Waals surface area contributed by atoms with Gasteiger partial charge in [0.15, 0.2) is 0 Å². The molecule has 3 aromatic rings. The Bertz CT molecular complexity index is 1170. The molecule has 1 aliphatic heterocycles. The fraction of sp³-hybridized carbons (Fsp3) is 0.304. The van der Waals surface area contributed by atoms with Gasteiger partial charge in [0.2, 0.25) is 10.0 Å². The molecule has 1 fully saturated rings. The molecule has 0 atom stereocenters. The van der Waals surface area contributed by atoms with E-state index in [1.165, 1.54) is 11.4 Å². The maximum absolute atomic E-state index is 13.3. The molecule has 1 aromatic heterocycles. The van der Waals surface area contributed by atoms with Crippen LogP contribution in [0.4, 0.5) is 5.82 Å². The van der Waals surface area contributed by atoms with Crippen molar-refractivity contribution in [2.45, 2.75) is 18.7 Å². The smallest absolute Gasteiger partial charge is 0.246 e. The normalized spacial score (nSPS) is 15.1. The Balaban J connectivity index is 1.54. The molecule has 0 unspecified atom stereocenters. The fourth-order valence-corrected chi connectivity index (χ4v) is 5.42. The Morgan fingerprint density at radius 2 is 1.61 bits per heavy atom. The summed E-state index contributed by atoms with van der Waals surface area (Å²) in [5, 5.41) is 0. The van der Waals surface area contributed by atoms with Crippen molar-refractivity contribution in [2.24, 2.45) is 0 Å². The van der Waals surface area contributed by atoms with Gasteiger partial charge in [-0.3, -0.25) is 0 Å². The molecular formula is C23H26N4O3S. The van der Waals surface area contributed by atoms with Crippen molar-refractivity contribution >= 4 is 15.8 Å². The summed E-state index contributed by atoms with van der Waals surface area (Å²) in [5.41, 5.74) is 2.77. The van der Waals surface area contributed by atoms with Crippen LogP contribution in [0.3, 0.4) is 0 Å². The lowest BCUT2D eigenvalue weighted by molar-refractivity contribution is 0.373. The van der Waals surface area contributed by atoms with Gasteiger partial charge in [0.1, 0.15) is 22.3 Å². The average Bonchev–Trinajstić information content (AvgIpc) is 2.79. The first-order valence-corrected chi connectivity index (χ1v) is 11.6.